The summed E-state index contributed by atoms with van der Waals surface area (Å²) in [4.78, 5) is 13.6. The van der Waals surface area contributed by atoms with Crippen molar-refractivity contribution < 1.29 is 14.6 Å². The molecule has 3 atom stereocenters. The number of hydrogen-bond acceptors (Lipinski definition) is 3. The minimum absolute atomic E-state index is 0.104. The molecule has 1 amide bonds. The van der Waals surface area contributed by atoms with Gasteiger partial charge in [-0.25, -0.2) is 0 Å². The maximum atomic E-state index is 12.0. The molecular formula is C15H17NO3. The summed E-state index contributed by atoms with van der Waals surface area (Å²) < 4.78 is 5.13. The fourth-order valence-corrected chi connectivity index (χ4v) is 2.39. The van der Waals surface area contributed by atoms with E-state index in [-0.39, 0.29) is 18.4 Å². The molecule has 2 rings (SSSR count). The van der Waals surface area contributed by atoms with Crippen LogP contribution in [0.5, 0.6) is 0 Å². The van der Waals surface area contributed by atoms with Gasteiger partial charge in [0, 0.05) is 20.1 Å². The van der Waals surface area contributed by atoms with Gasteiger partial charge in [-0.1, -0.05) is 30.3 Å². The van der Waals surface area contributed by atoms with Crippen molar-refractivity contribution in [3.8, 4) is 12.3 Å². The average molecular weight is 259 g/mol. The molecule has 1 heterocycles. The Morgan fingerprint density at radius 2 is 2.16 bits per heavy atom. The third kappa shape index (κ3) is 2.62. The zero-order chi connectivity index (χ0) is 13.8. The number of amides is 1. The molecule has 0 aliphatic carbocycles. The van der Waals surface area contributed by atoms with Crippen LogP contribution >= 0.6 is 0 Å². The van der Waals surface area contributed by atoms with E-state index in [0.29, 0.717) is 6.54 Å². The van der Waals surface area contributed by atoms with Crippen LogP contribution in [0.2, 0.25) is 0 Å². The quantitative estimate of drug-likeness (QED) is 0.628. The van der Waals surface area contributed by atoms with Gasteiger partial charge in [-0.05, 0) is 5.56 Å². The fraction of sp³-hybridized carbons (Fsp3) is 0.400. The van der Waals surface area contributed by atoms with Crippen LogP contribution in [-0.2, 0) is 16.1 Å². The van der Waals surface area contributed by atoms with Crippen LogP contribution in [0, 0.1) is 12.3 Å². The Bertz CT molecular complexity index is 480. The van der Waals surface area contributed by atoms with E-state index in [2.05, 4.69) is 5.92 Å². The SMILES string of the molecule is C#CC[C@@H](O)[C@H]1[C@@H](OC)C(=O)N1Cc1ccccc1. The molecule has 1 aliphatic heterocycles. The van der Waals surface area contributed by atoms with E-state index in [0.717, 1.165) is 5.56 Å². The van der Waals surface area contributed by atoms with E-state index in [9.17, 15) is 9.90 Å². The Hall–Kier alpha value is -1.83. The van der Waals surface area contributed by atoms with Crippen LogP contribution < -0.4 is 0 Å². The molecule has 100 valence electrons. The number of carbonyl (C=O) groups is 1. The second-order valence-corrected chi connectivity index (χ2v) is 4.57. The van der Waals surface area contributed by atoms with Gasteiger partial charge in [0.05, 0.1) is 12.1 Å². The van der Waals surface area contributed by atoms with Gasteiger partial charge in [0.25, 0.3) is 5.91 Å². The first-order valence-electron chi connectivity index (χ1n) is 6.17. The van der Waals surface area contributed by atoms with Crippen molar-refractivity contribution in [2.75, 3.05) is 7.11 Å². The highest BCUT2D eigenvalue weighted by atomic mass is 16.5. The number of β-lactam (4-membered cyclic amide) rings is 1. The lowest BCUT2D eigenvalue weighted by Gasteiger charge is -2.48. The van der Waals surface area contributed by atoms with Gasteiger partial charge in [-0.3, -0.25) is 4.79 Å². The molecule has 4 heteroatoms. The highest BCUT2D eigenvalue weighted by Gasteiger charge is 2.50. The second-order valence-electron chi connectivity index (χ2n) is 4.57. The van der Waals surface area contributed by atoms with E-state index in [4.69, 9.17) is 11.2 Å². The van der Waals surface area contributed by atoms with Gasteiger partial charge in [-0.15, -0.1) is 12.3 Å². The molecule has 0 aromatic heterocycles. The topological polar surface area (TPSA) is 49.8 Å². The van der Waals surface area contributed by atoms with Gasteiger partial charge >= 0.3 is 0 Å². The Kier molecular flexibility index (Phi) is 4.20. The molecular weight excluding hydrogens is 242 g/mol. The lowest BCUT2D eigenvalue weighted by molar-refractivity contribution is -0.182. The van der Waals surface area contributed by atoms with Crippen molar-refractivity contribution in [1.29, 1.82) is 0 Å². The highest BCUT2D eigenvalue weighted by Crippen LogP contribution is 2.28. The molecule has 19 heavy (non-hydrogen) atoms. The summed E-state index contributed by atoms with van der Waals surface area (Å²) in [7, 11) is 1.47. The van der Waals surface area contributed by atoms with Crippen molar-refractivity contribution in [2.45, 2.75) is 31.2 Å². The summed E-state index contributed by atoms with van der Waals surface area (Å²) >= 11 is 0. The molecule has 1 aromatic carbocycles. The molecule has 1 fully saturated rings. The fourth-order valence-electron chi connectivity index (χ4n) is 2.39. The summed E-state index contributed by atoms with van der Waals surface area (Å²) in [5, 5.41) is 10.0. The third-order valence-corrected chi connectivity index (χ3v) is 3.37. The van der Waals surface area contributed by atoms with Crippen molar-refractivity contribution in [2.24, 2.45) is 0 Å². The molecule has 0 unspecified atom stereocenters. The standard InChI is InChI=1S/C15H17NO3/c1-3-7-12(17)13-14(19-2)15(18)16(13)10-11-8-5-4-6-9-11/h1,4-6,8-9,12-14,17H,7,10H2,2H3/t12-,13+,14-/m1/s1. The molecule has 1 N–H and O–H groups in total. The first kappa shape index (κ1) is 13.6. The van der Waals surface area contributed by atoms with Crippen molar-refractivity contribution in [3.05, 3.63) is 35.9 Å². The summed E-state index contributed by atoms with van der Waals surface area (Å²) in [5.41, 5.74) is 1.02. The summed E-state index contributed by atoms with van der Waals surface area (Å²) in [6, 6.07) is 9.27. The van der Waals surface area contributed by atoms with Gasteiger partial charge in [-0.2, -0.15) is 0 Å². The molecule has 0 spiro atoms. The van der Waals surface area contributed by atoms with Gasteiger partial charge in [0.1, 0.15) is 0 Å². The van der Waals surface area contributed by atoms with Crippen molar-refractivity contribution >= 4 is 5.91 Å². The minimum Gasteiger partial charge on any atom is -0.390 e. The molecule has 0 radical (unpaired) electrons. The maximum absolute atomic E-state index is 12.0. The molecule has 4 nitrogen and oxygen atoms in total. The number of ether oxygens (including phenoxy) is 1. The highest BCUT2D eigenvalue weighted by molar-refractivity contribution is 5.88. The number of rotatable bonds is 5. The lowest BCUT2D eigenvalue weighted by Crippen LogP contribution is -2.69. The Labute approximate surface area is 113 Å². The summed E-state index contributed by atoms with van der Waals surface area (Å²) in [6.45, 7) is 0.464. The zero-order valence-corrected chi connectivity index (χ0v) is 10.8. The second kappa shape index (κ2) is 5.87. The van der Waals surface area contributed by atoms with Crippen molar-refractivity contribution in [3.63, 3.8) is 0 Å². The van der Waals surface area contributed by atoms with Crippen LogP contribution in [0.25, 0.3) is 0 Å². The predicted molar refractivity (Wildman–Crippen MR) is 71.0 cm³/mol. The van der Waals surface area contributed by atoms with Crippen molar-refractivity contribution in [1.82, 2.24) is 4.90 Å². The van der Waals surface area contributed by atoms with Crippen LogP contribution in [0.4, 0.5) is 0 Å². The number of aliphatic hydroxyl groups is 1. The summed E-state index contributed by atoms with van der Waals surface area (Å²) in [5.74, 6) is 2.31. The minimum atomic E-state index is -0.753. The van der Waals surface area contributed by atoms with E-state index in [1.54, 1.807) is 4.90 Å². The van der Waals surface area contributed by atoms with Gasteiger partial charge in [0.2, 0.25) is 0 Å². The number of aliphatic hydroxyl groups excluding tert-OH is 1. The third-order valence-electron chi connectivity index (χ3n) is 3.37. The van der Waals surface area contributed by atoms with E-state index in [1.165, 1.54) is 7.11 Å². The maximum Gasteiger partial charge on any atom is 0.254 e. The molecule has 0 bridgehead atoms. The van der Waals surface area contributed by atoms with Crippen LogP contribution in [0.1, 0.15) is 12.0 Å². The number of nitrogens with zero attached hydrogens (tertiary/aromatic N) is 1. The number of benzene rings is 1. The lowest BCUT2D eigenvalue weighted by atomic mass is 9.90. The Balaban J connectivity index is 2.10. The van der Waals surface area contributed by atoms with Crippen LogP contribution in [0.15, 0.2) is 30.3 Å². The molecule has 1 saturated heterocycles. The van der Waals surface area contributed by atoms with E-state index < -0.39 is 12.2 Å². The number of carbonyl (C=O) groups excluding carboxylic acids is 1. The largest absolute Gasteiger partial charge is 0.390 e. The van der Waals surface area contributed by atoms with Gasteiger partial charge in [0.15, 0.2) is 6.10 Å². The summed E-state index contributed by atoms with van der Waals surface area (Å²) in [6.07, 6.45) is 4.08. The predicted octanol–water partition coefficient (Wildman–Crippen LogP) is 0.797. The Morgan fingerprint density at radius 3 is 2.74 bits per heavy atom. The number of hydrogen-bond donors (Lipinski definition) is 1. The monoisotopic (exact) mass is 259 g/mol. The first-order valence-corrected chi connectivity index (χ1v) is 6.17. The average Bonchev–Trinajstić information content (AvgIpc) is 2.43. The zero-order valence-electron chi connectivity index (χ0n) is 10.8. The van der Waals surface area contributed by atoms with E-state index in [1.807, 2.05) is 30.3 Å². The van der Waals surface area contributed by atoms with E-state index >= 15 is 0 Å². The Morgan fingerprint density at radius 1 is 1.47 bits per heavy atom. The van der Waals surface area contributed by atoms with Crippen LogP contribution in [0.3, 0.4) is 0 Å². The smallest absolute Gasteiger partial charge is 0.254 e. The molecule has 1 aliphatic rings. The van der Waals surface area contributed by atoms with Crippen LogP contribution in [-0.4, -0.2) is 41.3 Å². The number of terminal acetylenes is 1. The van der Waals surface area contributed by atoms with Gasteiger partial charge < -0.3 is 14.7 Å². The molecule has 1 aromatic rings. The molecule has 0 saturated carbocycles. The number of methoxy groups -OCH3 is 1. The normalized spacial score (nSPS) is 23.6. The first-order chi connectivity index (χ1) is 9.19. The number of likely N-dealkylation sites (tertiary alicyclic amines) is 1.